The van der Waals surface area contributed by atoms with Crippen LogP contribution in [0.25, 0.3) is 0 Å². The minimum atomic E-state index is -0.107. The number of nitrogens with one attached hydrogen (secondary N) is 1. The fourth-order valence-electron chi connectivity index (χ4n) is 2.74. The Labute approximate surface area is 129 Å². The van der Waals surface area contributed by atoms with E-state index in [1.54, 1.807) is 12.1 Å². The highest BCUT2D eigenvalue weighted by Gasteiger charge is 2.20. The number of rotatable bonds is 5. The summed E-state index contributed by atoms with van der Waals surface area (Å²) in [5.74, 6) is 0.623. The molecular weight excluding hydrogens is 319 g/mol. The third-order valence-electron chi connectivity index (χ3n) is 4.06. The van der Waals surface area contributed by atoms with Crippen molar-refractivity contribution in [3.05, 3.63) is 34.1 Å². The summed E-state index contributed by atoms with van der Waals surface area (Å²) in [5.41, 5.74) is 0.780. The lowest BCUT2D eigenvalue weighted by Crippen LogP contribution is -2.39. The van der Waals surface area contributed by atoms with Gasteiger partial charge in [0, 0.05) is 29.2 Å². The standard InChI is InChI=1S/C16H24BrFN2/c1-12(2)20(10-13-5-7-19-8-6-13)11-14-9-15(17)3-4-16(14)18/h3-4,9,12-13,19H,5-8,10-11H2,1-2H3. The number of nitrogens with zero attached hydrogens (tertiary/aromatic N) is 1. The third-order valence-corrected chi connectivity index (χ3v) is 4.56. The van der Waals surface area contributed by atoms with Gasteiger partial charge in [-0.25, -0.2) is 4.39 Å². The van der Waals surface area contributed by atoms with E-state index in [9.17, 15) is 4.39 Å². The number of hydrogen-bond acceptors (Lipinski definition) is 2. The summed E-state index contributed by atoms with van der Waals surface area (Å²) in [6, 6.07) is 5.63. The van der Waals surface area contributed by atoms with Crippen molar-refractivity contribution in [2.45, 2.75) is 39.3 Å². The van der Waals surface area contributed by atoms with Gasteiger partial charge in [0.05, 0.1) is 0 Å². The molecule has 1 aliphatic heterocycles. The van der Waals surface area contributed by atoms with Crippen molar-refractivity contribution in [2.75, 3.05) is 19.6 Å². The van der Waals surface area contributed by atoms with Crippen molar-refractivity contribution in [1.82, 2.24) is 10.2 Å². The van der Waals surface area contributed by atoms with Gasteiger partial charge in [-0.1, -0.05) is 15.9 Å². The van der Waals surface area contributed by atoms with Crippen LogP contribution in [0, 0.1) is 11.7 Å². The Morgan fingerprint density at radius 3 is 2.70 bits per heavy atom. The van der Waals surface area contributed by atoms with Crippen LogP contribution in [-0.4, -0.2) is 30.6 Å². The van der Waals surface area contributed by atoms with Gasteiger partial charge < -0.3 is 5.32 Å². The van der Waals surface area contributed by atoms with Crippen LogP contribution in [-0.2, 0) is 6.54 Å². The quantitative estimate of drug-likeness (QED) is 0.875. The smallest absolute Gasteiger partial charge is 0.127 e. The average Bonchev–Trinajstić information content (AvgIpc) is 2.43. The molecule has 2 rings (SSSR count). The Morgan fingerprint density at radius 2 is 2.05 bits per heavy atom. The molecule has 0 spiro atoms. The highest BCUT2D eigenvalue weighted by atomic mass is 79.9. The normalized spacial score (nSPS) is 17.1. The fourth-order valence-corrected chi connectivity index (χ4v) is 3.15. The van der Waals surface area contributed by atoms with Crippen LogP contribution in [0.5, 0.6) is 0 Å². The van der Waals surface area contributed by atoms with Crippen molar-refractivity contribution in [3.63, 3.8) is 0 Å². The van der Waals surface area contributed by atoms with Crippen LogP contribution >= 0.6 is 15.9 Å². The van der Waals surface area contributed by atoms with Crippen molar-refractivity contribution in [2.24, 2.45) is 5.92 Å². The molecule has 1 aliphatic rings. The molecule has 1 fully saturated rings. The molecule has 0 saturated carbocycles. The van der Waals surface area contributed by atoms with Crippen LogP contribution in [0.2, 0.25) is 0 Å². The maximum atomic E-state index is 13.9. The zero-order valence-electron chi connectivity index (χ0n) is 12.3. The Hall–Kier alpha value is -0.450. The highest BCUT2D eigenvalue weighted by Crippen LogP contribution is 2.21. The largest absolute Gasteiger partial charge is 0.317 e. The van der Waals surface area contributed by atoms with Gasteiger partial charge in [-0.15, -0.1) is 0 Å². The van der Waals surface area contributed by atoms with Crippen LogP contribution in [0.1, 0.15) is 32.3 Å². The topological polar surface area (TPSA) is 15.3 Å². The second-order valence-electron chi connectivity index (χ2n) is 5.95. The van der Waals surface area contributed by atoms with Crippen LogP contribution in [0.4, 0.5) is 4.39 Å². The minimum absolute atomic E-state index is 0.107. The molecule has 2 nitrogen and oxygen atoms in total. The fraction of sp³-hybridized carbons (Fsp3) is 0.625. The van der Waals surface area contributed by atoms with Gasteiger partial charge >= 0.3 is 0 Å². The SMILES string of the molecule is CC(C)N(Cc1cc(Br)ccc1F)CC1CCNCC1. The van der Waals surface area contributed by atoms with Gasteiger partial charge in [-0.3, -0.25) is 4.90 Å². The Balaban J connectivity index is 2.02. The van der Waals surface area contributed by atoms with Gasteiger partial charge in [0.15, 0.2) is 0 Å². The predicted molar refractivity (Wildman–Crippen MR) is 85.2 cm³/mol. The number of hydrogen-bond donors (Lipinski definition) is 1. The lowest BCUT2D eigenvalue weighted by atomic mass is 9.96. The second kappa shape index (κ2) is 7.53. The monoisotopic (exact) mass is 342 g/mol. The molecule has 1 aromatic rings. The molecule has 1 heterocycles. The molecule has 0 bridgehead atoms. The Morgan fingerprint density at radius 1 is 1.35 bits per heavy atom. The first-order valence-corrected chi connectivity index (χ1v) is 8.24. The first-order chi connectivity index (χ1) is 9.56. The van der Waals surface area contributed by atoms with Crippen LogP contribution in [0.3, 0.4) is 0 Å². The summed E-state index contributed by atoms with van der Waals surface area (Å²) >= 11 is 3.43. The van der Waals surface area contributed by atoms with E-state index in [0.29, 0.717) is 12.6 Å². The van der Waals surface area contributed by atoms with Gasteiger partial charge in [0.1, 0.15) is 5.82 Å². The van der Waals surface area contributed by atoms with Crippen molar-refractivity contribution < 1.29 is 4.39 Å². The first-order valence-electron chi connectivity index (χ1n) is 7.45. The Kier molecular flexibility index (Phi) is 6.00. The summed E-state index contributed by atoms with van der Waals surface area (Å²) in [6.45, 7) is 8.36. The zero-order chi connectivity index (χ0) is 14.5. The van der Waals surface area contributed by atoms with E-state index >= 15 is 0 Å². The highest BCUT2D eigenvalue weighted by molar-refractivity contribution is 9.10. The molecule has 0 atom stereocenters. The van der Waals surface area contributed by atoms with Crippen LogP contribution < -0.4 is 5.32 Å². The van der Waals surface area contributed by atoms with Crippen LogP contribution in [0.15, 0.2) is 22.7 Å². The minimum Gasteiger partial charge on any atom is -0.317 e. The van der Waals surface area contributed by atoms with E-state index in [4.69, 9.17) is 0 Å². The molecule has 1 saturated heterocycles. The molecule has 4 heteroatoms. The van der Waals surface area contributed by atoms with Crippen molar-refractivity contribution in [3.8, 4) is 0 Å². The van der Waals surface area contributed by atoms with Gasteiger partial charge in [-0.2, -0.15) is 0 Å². The average molecular weight is 343 g/mol. The summed E-state index contributed by atoms with van der Waals surface area (Å²) in [6.07, 6.45) is 2.45. The van der Waals surface area contributed by atoms with Gasteiger partial charge in [0.25, 0.3) is 0 Å². The molecule has 112 valence electrons. The summed E-state index contributed by atoms with van der Waals surface area (Å²) in [5, 5.41) is 3.40. The third kappa shape index (κ3) is 4.54. The molecule has 20 heavy (non-hydrogen) atoms. The van der Waals surface area contributed by atoms with Gasteiger partial charge in [-0.05, 0) is 63.9 Å². The lowest BCUT2D eigenvalue weighted by Gasteiger charge is -2.33. The van der Waals surface area contributed by atoms with E-state index in [2.05, 4.69) is 40.0 Å². The number of benzene rings is 1. The van der Waals surface area contributed by atoms with Crippen molar-refractivity contribution >= 4 is 15.9 Å². The summed E-state index contributed by atoms with van der Waals surface area (Å²) < 4.78 is 14.9. The van der Waals surface area contributed by atoms with E-state index < -0.39 is 0 Å². The predicted octanol–water partition coefficient (Wildman–Crippen LogP) is 3.80. The van der Waals surface area contributed by atoms with E-state index in [1.165, 1.54) is 12.8 Å². The molecule has 0 radical (unpaired) electrons. The van der Waals surface area contributed by atoms with Gasteiger partial charge in [0.2, 0.25) is 0 Å². The molecule has 0 unspecified atom stereocenters. The molecular formula is C16H24BrFN2. The molecule has 0 amide bonds. The molecule has 1 N–H and O–H groups in total. The lowest BCUT2D eigenvalue weighted by molar-refractivity contribution is 0.160. The van der Waals surface area contributed by atoms with E-state index in [-0.39, 0.29) is 5.82 Å². The molecule has 0 aromatic heterocycles. The van der Waals surface area contributed by atoms with Crippen molar-refractivity contribution in [1.29, 1.82) is 0 Å². The number of piperidine rings is 1. The maximum Gasteiger partial charge on any atom is 0.127 e. The zero-order valence-corrected chi connectivity index (χ0v) is 13.9. The number of halogens is 2. The molecule has 0 aliphatic carbocycles. The first kappa shape index (κ1) is 15.9. The van der Waals surface area contributed by atoms with E-state index in [1.807, 2.05) is 6.07 Å². The summed E-state index contributed by atoms with van der Waals surface area (Å²) in [7, 11) is 0. The van der Waals surface area contributed by atoms with E-state index in [0.717, 1.165) is 35.6 Å². The Bertz CT molecular complexity index is 430. The maximum absolute atomic E-state index is 13.9. The molecule has 1 aromatic carbocycles. The summed E-state index contributed by atoms with van der Waals surface area (Å²) in [4.78, 5) is 2.39. The second-order valence-corrected chi connectivity index (χ2v) is 6.87.